The van der Waals surface area contributed by atoms with Gasteiger partial charge in [0.15, 0.2) is 6.04 Å². The third kappa shape index (κ3) is 3.39. The van der Waals surface area contributed by atoms with Gasteiger partial charge in [-0.3, -0.25) is 0 Å². The van der Waals surface area contributed by atoms with E-state index >= 15 is 0 Å². The molecule has 0 aliphatic rings. The van der Waals surface area contributed by atoms with Crippen molar-refractivity contribution in [3.05, 3.63) is 53.5 Å². The quantitative estimate of drug-likeness (QED) is 0.715. The lowest BCUT2D eigenvalue weighted by molar-refractivity contribution is -0.141. The first-order valence-electron chi connectivity index (χ1n) is 7.39. The molecule has 0 saturated heterocycles. The third-order valence-electron chi connectivity index (χ3n) is 3.63. The van der Waals surface area contributed by atoms with Gasteiger partial charge in [-0.25, -0.2) is 18.6 Å². The molecule has 7 nitrogen and oxygen atoms in total. The minimum Gasteiger partial charge on any atom is -0.467 e. The van der Waals surface area contributed by atoms with Crippen LogP contribution in [0.1, 0.15) is 29.3 Å². The first kappa shape index (κ1) is 16.7. The lowest BCUT2D eigenvalue weighted by Gasteiger charge is -2.19. The minimum atomic E-state index is -2.57. The van der Waals surface area contributed by atoms with E-state index in [2.05, 4.69) is 20.4 Å². The Kier molecular flexibility index (Phi) is 4.55. The Morgan fingerprint density at radius 3 is 2.56 bits per heavy atom. The summed E-state index contributed by atoms with van der Waals surface area (Å²) in [6, 6.07) is 6.28. The van der Waals surface area contributed by atoms with Gasteiger partial charge < -0.3 is 10.1 Å². The van der Waals surface area contributed by atoms with Crippen molar-refractivity contribution in [2.45, 2.75) is 19.4 Å². The number of methoxy groups -OCH3 is 1. The van der Waals surface area contributed by atoms with Crippen LogP contribution in [0.2, 0.25) is 0 Å². The maximum atomic E-state index is 12.7. The summed E-state index contributed by atoms with van der Waals surface area (Å²) in [5.41, 5.74) is 1.05. The zero-order valence-electron chi connectivity index (χ0n) is 13.5. The van der Waals surface area contributed by atoms with Crippen LogP contribution in [-0.4, -0.2) is 32.7 Å². The second-order valence-electron chi connectivity index (χ2n) is 5.32. The number of fused-ring (bicyclic) bond motifs is 1. The summed E-state index contributed by atoms with van der Waals surface area (Å²) in [6.45, 7) is 1.78. The molecule has 0 spiro atoms. The summed E-state index contributed by atoms with van der Waals surface area (Å²) < 4.78 is 31.7. The van der Waals surface area contributed by atoms with Crippen LogP contribution in [0.25, 0.3) is 5.78 Å². The molecular weight excluding hydrogens is 332 g/mol. The molecule has 1 atom stereocenters. The summed E-state index contributed by atoms with van der Waals surface area (Å²) >= 11 is 0. The Labute approximate surface area is 141 Å². The maximum absolute atomic E-state index is 12.7. The average Bonchev–Trinajstić information content (AvgIpc) is 3.07. The molecule has 9 heteroatoms. The van der Waals surface area contributed by atoms with Gasteiger partial charge in [0.05, 0.1) is 7.11 Å². The number of rotatable bonds is 5. The van der Waals surface area contributed by atoms with Crippen LogP contribution in [0, 0.1) is 6.92 Å². The van der Waals surface area contributed by atoms with Crippen molar-refractivity contribution in [3.63, 3.8) is 0 Å². The molecule has 0 aliphatic carbocycles. The number of nitrogens with one attached hydrogen (secondary N) is 1. The number of anilines is 1. The number of esters is 1. The van der Waals surface area contributed by atoms with Crippen molar-refractivity contribution in [2.24, 2.45) is 0 Å². The molecule has 1 unspecified atom stereocenters. The molecule has 0 bridgehead atoms. The highest BCUT2D eigenvalue weighted by Gasteiger charge is 2.23. The lowest BCUT2D eigenvalue weighted by atomic mass is 10.0. The first-order valence-corrected chi connectivity index (χ1v) is 7.39. The Morgan fingerprint density at radius 2 is 1.92 bits per heavy atom. The molecule has 0 saturated carbocycles. The smallest absolute Gasteiger partial charge is 0.333 e. The second-order valence-corrected chi connectivity index (χ2v) is 5.32. The van der Waals surface area contributed by atoms with Crippen LogP contribution in [0.3, 0.4) is 0 Å². The second kappa shape index (κ2) is 6.80. The fraction of sp³-hybridized carbons (Fsp3) is 0.250. The van der Waals surface area contributed by atoms with Gasteiger partial charge in [-0.15, -0.1) is 0 Å². The van der Waals surface area contributed by atoms with Crippen molar-refractivity contribution in [1.82, 2.24) is 19.6 Å². The summed E-state index contributed by atoms with van der Waals surface area (Å²) in [7, 11) is 1.26. The Hall–Kier alpha value is -3.10. The van der Waals surface area contributed by atoms with E-state index < -0.39 is 18.4 Å². The van der Waals surface area contributed by atoms with E-state index in [1.54, 1.807) is 13.0 Å². The van der Waals surface area contributed by atoms with Gasteiger partial charge >= 0.3 is 5.97 Å². The number of halogens is 2. The number of carbonyl (C=O) groups excluding carboxylic acids is 1. The monoisotopic (exact) mass is 347 g/mol. The van der Waals surface area contributed by atoms with E-state index in [0.717, 1.165) is 0 Å². The molecule has 0 aliphatic heterocycles. The highest BCUT2D eigenvalue weighted by Crippen LogP contribution is 2.25. The highest BCUT2D eigenvalue weighted by molar-refractivity contribution is 5.80. The summed E-state index contributed by atoms with van der Waals surface area (Å²) in [5, 5.41) is 7.08. The number of nitrogens with zero attached hydrogens (tertiary/aromatic N) is 4. The van der Waals surface area contributed by atoms with Crippen LogP contribution in [0.4, 0.5) is 14.6 Å². The third-order valence-corrected chi connectivity index (χ3v) is 3.63. The van der Waals surface area contributed by atoms with Crippen LogP contribution < -0.4 is 5.32 Å². The van der Waals surface area contributed by atoms with Gasteiger partial charge in [0.2, 0.25) is 0 Å². The molecule has 0 amide bonds. The topological polar surface area (TPSA) is 81.4 Å². The Bertz CT molecular complexity index is 895. The van der Waals surface area contributed by atoms with Crippen molar-refractivity contribution in [1.29, 1.82) is 0 Å². The number of aryl methyl sites for hydroxylation is 1. The maximum Gasteiger partial charge on any atom is 0.333 e. The molecule has 2 aromatic heterocycles. The molecule has 0 radical (unpaired) electrons. The zero-order valence-corrected chi connectivity index (χ0v) is 13.5. The van der Waals surface area contributed by atoms with E-state index in [9.17, 15) is 13.6 Å². The average molecular weight is 347 g/mol. The van der Waals surface area contributed by atoms with Gasteiger partial charge in [0.1, 0.15) is 12.1 Å². The predicted octanol–water partition coefficient (Wildman–Crippen LogP) is 2.70. The van der Waals surface area contributed by atoms with Crippen molar-refractivity contribution in [2.75, 3.05) is 12.4 Å². The molecule has 25 heavy (non-hydrogen) atoms. The van der Waals surface area contributed by atoms with Crippen LogP contribution in [0.15, 0.2) is 36.7 Å². The van der Waals surface area contributed by atoms with Crippen molar-refractivity contribution in [3.8, 4) is 0 Å². The molecule has 1 N–H and O–H groups in total. The number of ether oxygens (including phenoxy) is 1. The van der Waals surface area contributed by atoms with Gasteiger partial charge in [-0.05, 0) is 12.5 Å². The van der Waals surface area contributed by atoms with E-state index in [0.29, 0.717) is 22.9 Å². The molecular formula is C16H15F2N5O2. The SMILES string of the molecule is COC(=O)C(Nc1cc(C)nc2ncnn12)c1ccc(C(F)F)cc1. The van der Waals surface area contributed by atoms with E-state index in [-0.39, 0.29) is 5.56 Å². The molecule has 130 valence electrons. The fourth-order valence-electron chi connectivity index (χ4n) is 2.41. The van der Waals surface area contributed by atoms with Gasteiger partial charge in [-0.1, -0.05) is 24.3 Å². The van der Waals surface area contributed by atoms with Gasteiger partial charge in [-0.2, -0.15) is 14.6 Å². The zero-order chi connectivity index (χ0) is 18.0. The fourth-order valence-corrected chi connectivity index (χ4v) is 2.41. The number of hydrogen-bond donors (Lipinski definition) is 1. The summed E-state index contributed by atoms with van der Waals surface area (Å²) in [6.07, 6.45) is -1.23. The Morgan fingerprint density at radius 1 is 1.24 bits per heavy atom. The lowest BCUT2D eigenvalue weighted by Crippen LogP contribution is -2.24. The van der Waals surface area contributed by atoms with Crippen LogP contribution >= 0.6 is 0 Å². The standard InChI is InChI=1S/C16H15F2N5O2/c1-9-7-12(23-16(21-9)19-8-20-23)22-13(15(24)25-2)10-3-5-11(6-4-10)14(17)18/h3-8,13-14,22H,1-2H3. The number of carbonyl (C=O) groups is 1. The summed E-state index contributed by atoms with van der Waals surface area (Å²) in [5.74, 6) is 0.292. The van der Waals surface area contributed by atoms with E-state index in [1.165, 1.54) is 42.2 Å². The number of alkyl halides is 2. The largest absolute Gasteiger partial charge is 0.467 e. The van der Waals surface area contributed by atoms with Crippen LogP contribution in [-0.2, 0) is 9.53 Å². The van der Waals surface area contributed by atoms with Crippen molar-refractivity contribution >= 4 is 17.6 Å². The number of benzene rings is 1. The molecule has 3 rings (SSSR count). The summed E-state index contributed by atoms with van der Waals surface area (Å²) in [4.78, 5) is 20.4. The van der Waals surface area contributed by atoms with Crippen LogP contribution in [0.5, 0.6) is 0 Å². The molecule has 1 aromatic carbocycles. The first-order chi connectivity index (χ1) is 12.0. The molecule has 2 heterocycles. The molecule has 3 aromatic rings. The Balaban J connectivity index is 1.98. The van der Waals surface area contributed by atoms with Crippen molar-refractivity contribution < 1.29 is 18.3 Å². The highest BCUT2D eigenvalue weighted by atomic mass is 19.3. The molecule has 0 fully saturated rings. The normalized spacial score (nSPS) is 12.4. The number of aromatic nitrogens is 4. The van der Waals surface area contributed by atoms with Gasteiger partial charge in [0, 0.05) is 17.3 Å². The van der Waals surface area contributed by atoms with Gasteiger partial charge in [0.25, 0.3) is 12.2 Å². The number of hydrogen-bond acceptors (Lipinski definition) is 6. The van der Waals surface area contributed by atoms with E-state index in [1.807, 2.05) is 0 Å². The predicted molar refractivity (Wildman–Crippen MR) is 85.3 cm³/mol. The van der Waals surface area contributed by atoms with E-state index in [4.69, 9.17) is 4.74 Å². The minimum absolute atomic E-state index is 0.120.